The van der Waals surface area contributed by atoms with Crippen molar-refractivity contribution in [2.75, 3.05) is 19.6 Å². The number of nitrogens with zero attached hydrogens (tertiary/aromatic N) is 3. The van der Waals surface area contributed by atoms with Crippen LogP contribution in [0.25, 0.3) is 11.3 Å². The molecule has 2 aliphatic heterocycles. The minimum atomic E-state index is -0.244. The van der Waals surface area contributed by atoms with Crippen LogP contribution in [-0.4, -0.2) is 51.6 Å². The lowest BCUT2D eigenvalue weighted by Gasteiger charge is -2.29. The predicted molar refractivity (Wildman–Crippen MR) is 109 cm³/mol. The van der Waals surface area contributed by atoms with Gasteiger partial charge in [0.25, 0.3) is 0 Å². The number of fused-ring (bicyclic) bond motifs is 2. The van der Waals surface area contributed by atoms with Crippen molar-refractivity contribution in [2.45, 2.75) is 51.1 Å². The molecule has 1 amide bonds. The lowest BCUT2D eigenvalue weighted by atomic mass is 9.96. The van der Waals surface area contributed by atoms with E-state index < -0.39 is 0 Å². The van der Waals surface area contributed by atoms with Gasteiger partial charge in [0.15, 0.2) is 0 Å². The lowest BCUT2D eigenvalue weighted by molar-refractivity contribution is -0.136. The van der Waals surface area contributed by atoms with Gasteiger partial charge in [-0.1, -0.05) is 25.0 Å². The summed E-state index contributed by atoms with van der Waals surface area (Å²) in [5, 5.41) is 7.26. The maximum absolute atomic E-state index is 13.7. The van der Waals surface area contributed by atoms with Crippen LogP contribution in [0, 0.1) is 17.7 Å². The van der Waals surface area contributed by atoms with Crippen molar-refractivity contribution in [3.63, 3.8) is 0 Å². The van der Waals surface area contributed by atoms with Gasteiger partial charge in [-0.05, 0) is 43.7 Å². The maximum Gasteiger partial charge on any atom is 0.227 e. The van der Waals surface area contributed by atoms with Crippen LogP contribution in [0.3, 0.4) is 0 Å². The quantitative estimate of drug-likeness (QED) is 0.855. The number of H-pyrrole nitrogens is 1. The van der Waals surface area contributed by atoms with E-state index in [0.717, 1.165) is 68.7 Å². The number of piperidine rings is 1. The molecule has 1 aliphatic carbocycles. The highest BCUT2D eigenvalue weighted by Gasteiger charge is 2.51. The molecule has 1 aromatic heterocycles. The minimum absolute atomic E-state index is 0.151. The van der Waals surface area contributed by atoms with E-state index in [2.05, 4.69) is 20.0 Å². The summed E-state index contributed by atoms with van der Waals surface area (Å²) in [5.41, 5.74) is 2.77. The van der Waals surface area contributed by atoms with Gasteiger partial charge in [0.1, 0.15) is 5.82 Å². The fraction of sp³-hybridized carbons (Fsp3) is 0.565. The van der Waals surface area contributed by atoms with E-state index in [9.17, 15) is 9.18 Å². The van der Waals surface area contributed by atoms with Crippen molar-refractivity contribution in [3.05, 3.63) is 41.8 Å². The molecule has 0 spiro atoms. The van der Waals surface area contributed by atoms with Gasteiger partial charge in [-0.2, -0.15) is 5.10 Å². The molecular weight excluding hydrogens is 367 g/mol. The number of hydrogen-bond donors (Lipinski definition) is 1. The van der Waals surface area contributed by atoms with Crippen LogP contribution in [0.1, 0.15) is 44.1 Å². The molecule has 29 heavy (non-hydrogen) atoms. The summed E-state index contributed by atoms with van der Waals surface area (Å²) in [7, 11) is 0. The van der Waals surface area contributed by atoms with E-state index in [1.165, 1.54) is 18.9 Å². The van der Waals surface area contributed by atoms with Gasteiger partial charge < -0.3 is 4.90 Å². The van der Waals surface area contributed by atoms with Crippen LogP contribution in [0.5, 0.6) is 0 Å². The first kappa shape index (κ1) is 18.8. The molecule has 0 radical (unpaired) electrons. The Bertz CT molecular complexity index is 873. The standard InChI is InChI=1S/C23H29FN4O/c24-19-7-5-6-16(12-19)22-18(13-25-26-22)15-28-14-17-8-9-20(28)21(17)23(29)27-10-3-1-2-4-11-27/h5-7,12-13,17,20-21H,1-4,8-11,14-15H2,(H,25,26)/t17-,20-,21+/m0/s1. The average Bonchev–Trinajstić information content (AvgIpc) is 3.36. The molecular formula is C23H29FN4O. The van der Waals surface area contributed by atoms with Gasteiger partial charge in [-0.3, -0.25) is 14.8 Å². The third kappa shape index (κ3) is 3.59. The Hall–Kier alpha value is -2.21. The van der Waals surface area contributed by atoms with E-state index in [0.29, 0.717) is 17.9 Å². The molecule has 3 atom stereocenters. The highest BCUT2D eigenvalue weighted by molar-refractivity contribution is 5.81. The highest BCUT2D eigenvalue weighted by Crippen LogP contribution is 2.44. The Balaban J connectivity index is 1.32. The third-order valence-electron chi connectivity index (χ3n) is 7.10. The summed E-state index contributed by atoms with van der Waals surface area (Å²) >= 11 is 0. The molecule has 6 heteroatoms. The number of benzene rings is 1. The van der Waals surface area contributed by atoms with Gasteiger partial charge >= 0.3 is 0 Å². The summed E-state index contributed by atoms with van der Waals surface area (Å²) < 4.78 is 13.7. The van der Waals surface area contributed by atoms with Gasteiger partial charge in [0, 0.05) is 43.3 Å². The van der Waals surface area contributed by atoms with E-state index in [1.807, 2.05) is 12.3 Å². The third-order valence-corrected chi connectivity index (χ3v) is 7.10. The number of rotatable bonds is 4. The fourth-order valence-electron chi connectivity index (χ4n) is 5.70. The second-order valence-corrected chi connectivity index (χ2v) is 8.88. The zero-order chi connectivity index (χ0) is 19.8. The van der Waals surface area contributed by atoms with E-state index >= 15 is 0 Å². The first-order valence-corrected chi connectivity index (χ1v) is 11.0. The number of nitrogens with one attached hydrogen (secondary N) is 1. The summed E-state index contributed by atoms with van der Waals surface area (Å²) in [4.78, 5) is 17.9. The molecule has 3 heterocycles. The Morgan fingerprint density at radius 1 is 1.17 bits per heavy atom. The topological polar surface area (TPSA) is 52.2 Å². The number of hydrogen-bond acceptors (Lipinski definition) is 3. The Morgan fingerprint density at radius 2 is 2.00 bits per heavy atom. The van der Waals surface area contributed by atoms with E-state index in [4.69, 9.17) is 0 Å². The zero-order valence-corrected chi connectivity index (χ0v) is 16.8. The summed E-state index contributed by atoms with van der Waals surface area (Å²) in [6, 6.07) is 6.95. The Kier molecular flexibility index (Phi) is 5.12. The van der Waals surface area contributed by atoms with Crippen molar-refractivity contribution < 1.29 is 9.18 Å². The molecule has 154 valence electrons. The molecule has 3 aliphatic rings. The maximum atomic E-state index is 13.7. The number of likely N-dealkylation sites (tertiary alicyclic amines) is 2. The fourth-order valence-corrected chi connectivity index (χ4v) is 5.70. The molecule has 2 bridgehead atoms. The lowest BCUT2D eigenvalue weighted by Crippen LogP contribution is -2.41. The molecule has 1 N–H and O–H groups in total. The van der Waals surface area contributed by atoms with Gasteiger partial charge in [0.2, 0.25) is 5.91 Å². The minimum Gasteiger partial charge on any atom is -0.342 e. The second-order valence-electron chi connectivity index (χ2n) is 8.88. The molecule has 5 nitrogen and oxygen atoms in total. The largest absolute Gasteiger partial charge is 0.342 e. The van der Waals surface area contributed by atoms with E-state index in [-0.39, 0.29) is 11.7 Å². The van der Waals surface area contributed by atoms with Crippen molar-refractivity contribution in [1.29, 1.82) is 0 Å². The summed E-state index contributed by atoms with van der Waals surface area (Å²) in [6.45, 7) is 3.59. The SMILES string of the molecule is O=C([C@@H]1[C@H]2CC[C@@H]1N(Cc1cn[nH]c1-c1cccc(F)c1)C2)N1CCCCCC1. The van der Waals surface area contributed by atoms with Crippen molar-refractivity contribution in [2.24, 2.45) is 11.8 Å². The number of carbonyl (C=O) groups excluding carboxylic acids is 1. The van der Waals surface area contributed by atoms with Gasteiger partial charge in [-0.15, -0.1) is 0 Å². The monoisotopic (exact) mass is 396 g/mol. The molecule has 5 rings (SSSR count). The van der Waals surface area contributed by atoms with Crippen LogP contribution in [-0.2, 0) is 11.3 Å². The molecule has 2 saturated heterocycles. The predicted octanol–water partition coefficient (Wildman–Crippen LogP) is 3.83. The first-order valence-electron chi connectivity index (χ1n) is 11.0. The average molecular weight is 397 g/mol. The summed E-state index contributed by atoms with van der Waals surface area (Å²) in [5.74, 6) is 0.767. The Morgan fingerprint density at radius 3 is 2.79 bits per heavy atom. The van der Waals surface area contributed by atoms with Crippen molar-refractivity contribution in [1.82, 2.24) is 20.0 Å². The number of carbonyl (C=O) groups is 1. The van der Waals surface area contributed by atoms with Crippen LogP contribution in [0.4, 0.5) is 4.39 Å². The van der Waals surface area contributed by atoms with Crippen molar-refractivity contribution >= 4 is 5.91 Å². The molecule has 0 unspecified atom stereocenters. The highest BCUT2D eigenvalue weighted by atomic mass is 19.1. The van der Waals surface area contributed by atoms with E-state index in [1.54, 1.807) is 12.1 Å². The molecule has 1 saturated carbocycles. The number of aromatic nitrogens is 2. The molecule has 3 fully saturated rings. The number of amides is 1. The van der Waals surface area contributed by atoms with Crippen LogP contribution >= 0.6 is 0 Å². The zero-order valence-electron chi connectivity index (χ0n) is 16.8. The molecule has 1 aromatic carbocycles. The van der Waals surface area contributed by atoms with Gasteiger partial charge in [0.05, 0.1) is 17.8 Å². The second kappa shape index (κ2) is 7.90. The van der Waals surface area contributed by atoms with Crippen molar-refractivity contribution in [3.8, 4) is 11.3 Å². The van der Waals surface area contributed by atoms with Crippen LogP contribution in [0.15, 0.2) is 30.5 Å². The first-order chi connectivity index (χ1) is 14.2. The number of aromatic amines is 1. The smallest absolute Gasteiger partial charge is 0.227 e. The normalized spacial score (nSPS) is 27.3. The van der Waals surface area contributed by atoms with Crippen LogP contribution in [0.2, 0.25) is 0 Å². The number of halogens is 1. The van der Waals surface area contributed by atoms with Crippen LogP contribution < -0.4 is 0 Å². The Labute approximate surface area is 171 Å². The van der Waals surface area contributed by atoms with Gasteiger partial charge in [-0.25, -0.2) is 4.39 Å². The molecule has 2 aromatic rings. The summed E-state index contributed by atoms with van der Waals surface area (Å²) in [6.07, 6.45) is 8.88.